The van der Waals surface area contributed by atoms with Gasteiger partial charge in [-0.2, -0.15) is 0 Å². The molecule has 5 heteroatoms. The maximum Gasteiger partial charge on any atom is 0.320 e. The van der Waals surface area contributed by atoms with Crippen molar-refractivity contribution in [2.24, 2.45) is 23.7 Å². The van der Waals surface area contributed by atoms with E-state index in [-0.39, 0.29) is 17.9 Å². The number of carbonyl (C=O) groups is 2. The summed E-state index contributed by atoms with van der Waals surface area (Å²) in [6, 6.07) is 0.0834. The fourth-order valence-electron chi connectivity index (χ4n) is 2.67. The largest absolute Gasteiger partial charge is 0.481 e. The van der Waals surface area contributed by atoms with Crippen LogP contribution in [0.2, 0.25) is 0 Å². The third-order valence-electron chi connectivity index (χ3n) is 4.54. The Labute approximate surface area is 108 Å². The molecule has 0 aliphatic carbocycles. The molecule has 2 rings (SSSR count). The van der Waals surface area contributed by atoms with Crippen LogP contribution >= 0.6 is 0 Å². The molecule has 0 aromatic carbocycles. The molecule has 3 atom stereocenters. The minimum absolute atomic E-state index is 0.0834. The molecule has 2 saturated heterocycles. The number of carboxylic acid groups (broad SMARTS) is 1. The lowest BCUT2D eigenvalue weighted by Gasteiger charge is -2.42. The van der Waals surface area contributed by atoms with Gasteiger partial charge in [-0.15, -0.1) is 0 Å². The van der Waals surface area contributed by atoms with Gasteiger partial charge in [0.1, 0.15) is 0 Å². The van der Waals surface area contributed by atoms with Crippen molar-refractivity contribution in [2.75, 3.05) is 26.2 Å². The Morgan fingerprint density at radius 1 is 1.06 bits per heavy atom. The van der Waals surface area contributed by atoms with Gasteiger partial charge in [0.15, 0.2) is 0 Å². The summed E-state index contributed by atoms with van der Waals surface area (Å²) in [5, 5.41) is 8.91. The first-order valence-corrected chi connectivity index (χ1v) is 6.66. The molecule has 2 heterocycles. The van der Waals surface area contributed by atoms with Crippen LogP contribution in [0.1, 0.15) is 20.8 Å². The normalized spacial score (nSPS) is 30.2. The van der Waals surface area contributed by atoms with Crippen molar-refractivity contribution in [3.8, 4) is 0 Å². The van der Waals surface area contributed by atoms with Crippen LogP contribution in [0.3, 0.4) is 0 Å². The molecule has 102 valence electrons. The molecule has 2 amide bonds. The van der Waals surface area contributed by atoms with E-state index in [1.165, 1.54) is 0 Å². The number of aliphatic carboxylic acids is 1. The summed E-state index contributed by atoms with van der Waals surface area (Å²) in [7, 11) is 0. The van der Waals surface area contributed by atoms with E-state index in [4.69, 9.17) is 5.11 Å². The molecular weight excluding hydrogens is 232 g/mol. The van der Waals surface area contributed by atoms with E-state index in [0.717, 1.165) is 13.1 Å². The molecule has 0 saturated carbocycles. The van der Waals surface area contributed by atoms with Gasteiger partial charge in [0.2, 0.25) is 0 Å². The second-order valence-electron chi connectivity index (χ2n) is 5.93. The van der Waals surface area contributed by atoms with E-state index >= 15 is 0 Å². The maximum atomic E-state index is 12.2. The molecular formula is C13H22N2O3. The molecule has 0 aromatic heterocycles. The second kappa shape index (κ2) is 4.78. The summed E-state index contributed by atoms with van der Waals surface area (Å²) in [6.07, 6.45) is 0. The van der Waals surface area contributed by atoms with Crippen LogP contribution < -0.4 is 0 Å². The lowest BCUT2D eigenvalue weighted by Crippen LogP contribution is -2.57. The van der Waals surface area contributed by atoms with Gasteiger partial charge in [-0.05, 0) is 11.8 Å². The van der Waals surface area contributed by atoms with Crippen molar-refractivity contribution in [3.05, 3.63) is 0 Å². The van der Waals surface area contributed by atoms with Gasteiger partial charge in [0.25, 0.3) is 0 Å². The van der Waals surface area contributed by atoms with Crippen molar-refractivity contribution in [1.82, 2.24) is 9.80 Å². The Morgan fingerprint density at radius 2 is 1.50 bits per heavy atom. The van der Waals surface area contributed by atoms with Crippen molar-refractivity contribution in [2.45, 2.75) is 20.8 Å². The third kappa shape index (κ3) is 2.31. The van der Waals surface area contributed by atoms with Crippen LogP contribution in [0, 0.1) is 23.7 Å². The standard InChI is InChI=1S/C13H22N2O3/c1-8-4-14(5-9(8)2)13(18)15-6-11(7-15)10(3)12(16)17/h8-11H,4-7H2,1-3H3,(H,16,17). The Bertz CT molecular complexity index is 342. The Hall–Kier alpha value is -1.26. The first-order valence-electron chi connectivity index (χ1n) is 6.66. The highest BCUT2D eigenvalue weighted by molar-refractivity contribution is 5.76. The number of carboxylic acids is 1. The van der Waals surface area contributed by atoms with Gasteiger partial charge in [-0.25, -0.2) is 4.79 Å². The Morgan fingerprint density at radius 3 is 1.94 bits per heavy atom. The fourth-order valence-corrected chi connectivity index (χ4v) is 2.67. The SMILES string of the molecule is CC1CN(C(=O)N2CC(C(C)C(=O)O)C2)CC1C. The maximum absolute atomic E-state index is 12.2. The van der Waals surface area contributed by atoms with E-state index in [1.807, 2.05) is 4.90 Å². The highest BCUT2D eigenvalue weighted by Crippen LogP contribution is 2.28. The number of hydrogen-bond acceptors (Lipinski definition) is 2. The zero-order chi connectivity index (χ0) is 13.4. The fraction of sp³-hybridized carbons (Fsp3) is 0.846. The molecule has 1 N–H and O–H groups in total. The summed E-state index contributed by atoms with van der Waals surface area (Å²) in [5.41, 5.74) is 0. The van der Waals surface area contributed by atoms with Crippen LogP contribution in [0.15, 0.2) is 0 Å². The van der Waals surface area contributed by atoms with Crippen LogP contribution in [-0.4, -0.2) is 53.1 Å². The lowest BCUT2D eigenvalue weighted by molar-refractivity contribution is -0.144. The summed E-state index contributed by atoms with van der Waals surface area (Å²) < 4.78 is 0. The monoisotopic (exact) mass is 254 g/mol. The quantitative estimate of drug-likeness (QED) is 0.809. The van der Waals surface area contributed by atoms with Crippen molar-refractivity contribution in [1.29, 1.82) is 0 Å². The minimum Gasteiger partial charge on any atom is -0.481 e. The van der Waals surface area contributed by atoms with E-state index < -0.39 is 5.97 Å². The average molecular weight is 254 g/mol. The predicted octanol–water partition coefficient (Wildman–Crippen LogP) is 1.35. The molecule has 2 fully saturated rings. The molecule has 0 spiro atoms. The summed E-state index contributed by atoms with van der Waals surface area (Å²) in [4.78, 5) is 26.7. The van der Waals surface area contributed by atoms with E-state index in [0.29, 0.717) is 24.9 Å². The van der Waals surface area contributed by atoms with Crippen LogP contribution in [0.25, 0.3) is 0 Å². The highest BCUT2D eigenvalue weighted by atomic mass is 16.4. The number of rotatable bonds is 2. The number of nitrogens with zero attached hydrogens (tertiary/aromatic N) is 2. The lowest BCUT2D eigenvalue weighted by atomic mass is 9.87. The molecule has 2 aliphatic rings. The van der Waals surface area contributed by atoms with Crippen molar-refractivity contribution < 1.29 is 14.7 Å². The molecule has 0 bridgehead atoms. The Kier molecular flexibility index (Phi) is 3.50. The Balaban J connectivity index is 1.82. The molecule has 2 aliphatic heterocycles. The number of hydrogen-bond donors (Lipinski definition) is 1. The molecule has 3 unspecified atom stereocenters. The third-order valence-corrected chi connectivity index (χ3v) is 4.54. The van der Waals surface area contributed by atoms with Crippen LogP contribution in [0.4, 0.5) is 4.79 Å². The number of likely N-dealkylation sites (tertiary alicyclic amines) is 2. The number of urea groups is 1. The molecule has 0 aromatic rings. The zero-order valence-corrected chi connectivity index (χ0v) is 11.3. The van der Waals surface area contributed by atoms with Gasteiger partial charge in [0, 0.05) is 32.1 Å². The first kappa shape index (κ1) is 13.2. The average Bonchev–Trinajstić information content (AvgIpc) is 2.56. The minimum atomic E-state index is -0.768. The van der Waals surface area contributed by atoms with E-state index in [9.17, 15) is 9.59 Å². The summed E-state index contributed by atoms with van der Waals surface area (Å²) in [5.74, 6) is 0.109. The smallest absolute Gasteiger partial charge is 0.320 e. The zero-order valence-electron chi connectivity index (χ0n) is 11.3. The highest BCUT2D eigenvalue weighted by Gasteiger charge is 2.40. The van der Waals surface area contributed by atoms with Crippen LogP contribution in [0.5, 0.6) is 0 Å². The predicted molar refractivity (Wildman–Crippen MR) is 67.2 cm³/mol. The van der Waals surface area contributed by atoms with Gasteiger partial charge in [-0.1, -0.05) is 20.8 Å². The van der Waals surface area contributed by atoms with Crippen molar-refractivity contribution >= 4 is 12.0 Å². The molecule has 5 nitrogen and oxygen atoms in total. The van der Waals surface area contributed by atoms with Gasteiger partial charge >= 0.3 is 12.0 Å². The van der Waals surface area contributed by atoms with Gasteiger partial charge in [0.05, 0.1) is 5.92 Å². The molecule has 18 heavy (non-hydrogen) atoms. The second-order valence-corrected chi connectivity index (χ2v) is 5.93. The number of amides is 2. The van der Waals surface area contributed by atoms with E-state index in [2.05, 4.69) is 13.8 Å². The van der Waals surface area contributed by atoms with Gasteiger partial charge in [-0.3, -0.25) is 4.79 Å². The van der Waals surface area contributed by atoms with Crippen molar-refractivity contribution in [3.63, 3.8) is 0 Å². The van der Waals surface area contributed by atoms with Gasteiger partial charge < -0.3 is 14.9 Å². The van der Waals surface area contributed by atoms with Crippen LogP contribution in [-0.2, 0) is 4.79 Å². The van der Waals surface area contributed by atoms with E-state index in [1.54, 1.807) is 11.8 Å². The first-order chi connectivity index (χ1) is 8.40. The topological polar surface area (TPSA) is 60.9 Å². The summed E-state index contributed by atoms with van der Waals surface area (Å²) >= 11 is 0. The molecule has 0 radical (unpaired) electrons. The summed E-state index contributed by atoms with van der Waals surface area (Å²) in [6.45, 7) is 8.89. The number of carbonyl (C=O) groups excluding carboxylic acids is 1.